The predicted octanol–water partition coefficient (Wildman–Crippen LogP) is 3.97. The number of amides is 2. The van der Waals surface area contributed by atoms with Gasteiger partial charge in [0.05, 0.1) is 5.69 Å². The van der Waals surface area contributed by atoms with Crippen LogP contribution in [0.15, 0.2) is 36.4 Å². The summed E-state index contributed by atoms with van der Waals surface area (Å²) >= 11 is 0. The fourth-order valence-corrected chi connectivity index (χ4v) is 4.01. The average Bonchev–Trinajstić information content (AvgIpc) is 2.80. The fraction of sp³-hybridized carbons (Fsp3) is 0.500. The van der Waals surface area contributed by atoms with Crippen molar-refractivity contribution in [3.63, 3.8) is 0 Å². The van der Waals surface area contributed by atoms with Crippen molar-refractivity contribution in [2.24, 2.45) is 5.92 Å². The molecule has 0 radical (unpaired) electrons. The van der Waals surface area contributed by atoms with Crippen LogP contribution in [0.1, 0.15) is 19.8 Å². The summed E-state index contributed by atoms with van der Waals surface area (Å²) in [6.45, 7) is 6.14. The van der Waals surface area contributed by atoms with Gasteiger partial charge < -0.3 is 24.8 Å². The zero-order valence-corrected chi connectivity index (χ0v) is 18.4. The van der Waals surface area contributed by atoms with Crippen molar-refractivity contribution in [1.82, 2.24) is 15.1 Å². The van der Waals surface area contributed by atoms with E-state index in [2.05, 4.69) is 32.1 Å². The molecule has 2 aliphatic heterocycles. The number of rotatable bonds is 4. The summed E-state index contributed by atoms with van der Waals surface area (Å²) in [4.78, 5) is 18.4. The number of urea groups is 1. The summed E-state index contributed by atoms with van der Waals surface area (Å²) in [5.41, 5.74) is -0.0317. The van der Waals surface area contributed by atoms with Crippen molar-refractivity contribution in [2.45, 2.75) is 26.1 Å². The van der Waals surface area contributed by atoms with Crippen LogP contribution in [-0.2, 0) is 0 Å². The van der Waals surface area contributed by atoms with Crippen molar-refractivity contribution in [1.29, 1.82) is 0 Å². The third-order valence-electron chi connectivity index (χ3n) is 5.99. The number of nitrogens with zero attached hydrogens (tertiary/aromatic N) is 5. The van der Waals surface area contributed by atoms with E-state index in [1.165, 1.54) is 18.2 Å². The number of nitrogens with one attached hydrogen (secondary N) is 1. The molecule has 1 N–H and O–H groups in total. The van der Waals surface area contributed by atoms with E-state index < -0.39 is 18.1 Å². The Morgan fingerprint density at radius 1 is 0.939 bits per heavy atom. The van der Waals surface area contributed by atoms with Crippen molar-refractivity contribution in [2.75, 3.05) is 54.4 Å². The minimum Gasteiger partial charge on any atom is -0.404 e. The molecule has 0 spiro atoms. The Kier molecular flexibility index (Phi) is 6.75. The second kappa shape index (κ2) is 9.72. The Bertz CT molecular complexity index is 940. The quantitative estimate of drug-likeness (QED) is 0.738. The minimum atomic E-state index is -4.84. The molecule has 0 aliphatic carbocycles. The van der Waals surface area contributed by atoms with Gasteiger partial charge in [-0.15, -0.1) is 23.4 Å². The van der Waals surface area contributed by atoms with Gasteiger partial charge in [0.1, 0.15) is 0 Å². The van der Waals surface area contributed by atoms with Crippen molar-refractivity contribution < 1.29 is 22.7 Å². The lowest BCUT2D eigenvalue weighted by Gasteiger charge is -2.35. The Hall–Kier alpha value is -3.24. The molecular formula is C22H27F3N6O2. The van der Waals surface area contributed by atoms with E-state index in [1.807, 2.05) is 17.0 Å². The van der Waals surface area contributed by atoms with Gasteiger partial charge in [0.15, 0.2) is 17.4 Å². The molecular weight excluding hydrogens is 437 g/mol. The number of benzene rings is 1. The molecule has 33 heavy (non-hydrogen) atoms. The number of alkyl halides is 3. The SMILES string of the molecule is CC1CCN(c2ccc(N3CCN(C(=O)Nc4ccccc4OC(F)(F)F)CC3)nn2)CC1. The summed E-state index contributed by atoms with van der Waals surface area (Å²) in [5, 5.41) is 11.3. The Morgan fingerprint density at radius 2 is 1.52 bits per heavy atom. The van der Waals surface area contributed by atoms with Crippen LogP contribution in [0.4, 0.5) is 35.3 Å². The number of para-hydroxylation sites is 2. The van der Waals surface area contributed by atoms with E-state index >= 15 is 0 Å². The molecule has 0 saturated carbocycles. The summed E-state index contributed by atoms with van der Waals surface area (Å²) in [5.74, 6) is 1.92. The molecule has 11 heteroatoms. The second-order valence-electron chi connectivity index (χ2n) is 8.37. The van der Waals surface area contributed by atoms with E-state index in [1.54, 1.807) is 4.90 Å². The van der Waals surface area contributed by atoms with Crippen LogP contribution in [0.25, 0.3) is 0 Å². The van der Waals surface area contributed by atoms with Crippen LogP contribution >= 0.6 is 0 Å². The topological polar surface area (TPSA) is 73.8 Å². The highest BCUT2D eigenvalue weighted by atomic mass is 19.4. The average molecular weight is 464 g/mol. The van der Waals surface area contributed by atoms with Crippen LogP contribution in [0.5, 0.6) is 5.75 Å². The van der Waals surface area contributed by atoms with Gasteiger partial charge in [-0.25, -0.2) is 4.79 Å². The van der Waals surface area contributed by atoms with Gasteiger partial charge in [0.2, 0.25) is 0 Å². The maximum Gasteiger partial charge on any atom is 0.573 e. The van der Waals surface area contributed by atoms with Crippen LogP contribution in [0.3, 0.4) is 0 Å². The highest BCUT2D eigenvalue weighted by Crippen LogP contribution is 2.30. The van der Waals surface area contributed by atoms with Gasteiger partial charge in [0.25, 0.3) is 0 Å². The van der Waals surface area contributed by atoms with Gasteiger partial charge in [-0.3, -0.25) is 0 Å². The highest BCUT2D eigenvalue weighted by Gasteiger charge is 2.32. The van der Waals surface area contributed by atoms with E-state index in [9.17, 15) is 18.0 Å². The first-order chi connectivity index (χ1) is 15.8. The number of piperidine rings is 1. The highest BCUT2D eigenvalue weighted by molar-refractivity contribution is 5.91. The maximum atomic E-state index is 12.6. The molecule has 2 saturated heterocycles. The molecule has 4 rings (SSSR count). The third kappa shape index (κ3) is 5.96. The molecule has 2 aliphatic rings. The van der Waals surface area contributed by atoms with E-state index in [0.29, 0.717) is 26.2 Å². The monoisotopic (exact) mass is 464 g/mol. The van der Waals surface area contributed by atoms with Gasteiger partial charge in [0, 0.05) is 39.3 Å². The molecule has 2 amide bonds. The summed E-state index contributed by atoms with van der Waals surface area (Å²) in [6, 6.07) is 8.92. The van der Waals surface area contributed by atoms with Crippen LogP contribution < -0.4 is 19.9 Å². The number of ether oxygens (including phenoxy) is 1. The smallest absolute Gasteiger partial charge is 0.404 e. The summed E-state index contributed by atoms with van der Waals surface area (Å²) in [7, 11) is 0. The normalized spacial score (nSPS) is 17.8. The lowest BCUT2D eigenvalue weighted by Crippen LogP contribution is -2.50. The van der Waals surface area contributed by atoms with Crippen LogP contribution in [0, 0.1) is 5.92 Å². The van der Waals surface area contributed by atoms with Gasteiger partial charge in [-0.2, -0.15) is 0 Å². The molecule has 0 bridgehead atoms. The zero-order valence-electron chi connectivity index (χ0n) is 18.4. The molecule has 1 aromatic carbocycles. The second-order valence-corrected chi connectivity index (χ2v) is 8.37. The van der Waals surface area contributed by atoms with Crippen molar-refractivity contribution in [3.05, 3.63) is 36.4 Å². The molecule has 1 aromatic heterocycles. The predicted molar refractivity (Wildman–Crippen MR) is 119 cm³/mol. The van der Waals surface area contributed by atoms with Crippen LogP contribution in [-0.4, -0.2) is 66.8 Å². The number of aromatic nitrogens is 2. The molecule has 178 valence electrons. The number of carbonyl (C=O) groups excluding carboxylic acids is 1. The van der Waals surface area contributed by atoms with Gasteiger partial charge in [-0.1, -0.05) is 19.1 Å². The zero-order chi connectivity index (χ0) is 23.4. The first-order valence-corrected chi connectivity index (χ1v) is 11.0. The first-order valence-electron chi connectivity index (χ1n) is 11.0. The van der Waals surface area contributed by atoms with Crippen molar-refractivity contribution in [3.8, 4) is 5.75 Å². The third-order valence-corrected chi connectivity index (χ3v) is 5.99. The number of anilines is 3. The fourth-order valence-electron chi connectivity index (χ4n) is 4.01. The molecule has 0 unspecified atom stereocenters. The Balaban J connectivity index is 1.31. The largest absolute Gasteiger partial charge is 0.573 e. The van der Waals surface area contributed by atoms with Crippen molar-refractivity contribution >= 4 is 23.4 Å². The summed E-state index contributed by atoms with van der Waals surface area (Å²) in [6.07, 6.45) is -2.53. The van der Waals surface area contributed by atoms with E-state index in [0.717, 1.165) is 49.6 Å². The number of hydrogen-bond donors (Lipinski definition) is 1. The molecule has 3 heterocycles. The van der Waals surface area contributed by atoms with E-state index in [-0.39, 0.29) is 5.69 Å². The molecule has 0 atom stereocenters. The van der Waals surface area contributed by atoms with Gasteiger partial charge in [-0.05, 0) is 43.0 Å². The number of carbonyl (C=O) groups is 1. The Labute approximate surface area is 190 Å². The standard InChI is InChI=1S/C22H27F3N6O2/c1-16-8-10-29(11-9-16)19-6-7-20(28-27-19)30-12-14-31(15-13-30)21(32)26-17-4-2-3-5-18(17)33-22(23,24)25/h2-7,16H,8-15H2,1H3,(H,26,32). The van der Waals surface area contributed by atoms with Gasteiger partial charge >= 0.3 is 12.4 Å². The first kappa shape index (κ1) is 22.9. The minimum absolute atomic E-state index is 0.0317. The summed E-state index contributed by atoms with van der Waals surface area (Å²) < 4.78 is 41.8. The number of halogens is 3. The number of piperazine rings is 1. The number of hydrogen-bond acceptors (Lipinski definition) is 6. The lowest BCUT2D eigenvalue weighted by molar-refractivity contribution is -0.274. The Morgan fingerprint density at radius 3 is 2.09 bits per heavy atom. The lowest BCUT2D eigenvalue weighted by atomic mass is 9.99. The maximum absolute atomic E-state index is 12.6. The van der Waals surface area contributed by atoms with E-state index in [4.69, 9.17) is 0 Å². The molecule has 8 nitrogen and oxygen atoms in total. The molecule has 2 aromatic rings. The van der Waals surface area contributed by atoms with Crippen LogP contribution in [0.2, 0.25) is 0 Å². The molecule has 2 fully saturated rings.